The highest BCUT2D eigenvalue weighted by Crippen LogP contribution is 2.18. The zero-order valence-corrected chi connectivity index (χ0v) is 14.8. The quantitative estimate of drug-likeness (QED) is 0.790. The molecule has 132 valence electrons. The Balaban J connectivity index is 2.14. The summed E-state index contributed by atoms with van der Waals surface area (Å²) in [6, 6.07) is 3.21. The van der Waals surface area contributed by atoms with Gasteiger partial charge in [0.2, 0.25) is 0 Å². The summed E-state index contributed by atoms with van der Waals surface area (Å²) in [4.78, 5) is 37.2. The van der Waals surface area contributed by atoms with Gasteiger partial charge < -0.3 is 9.47 Å². The molecule has 2 heterocycles. The summed E-state index contributed by atoms with van der Waals surface area (Å²) in [5.41, 5.74) is 0.753. The van der Waals surface area contributed by atoms with Crippen LogP contribution in [0.1, 0.15) is 31.3 Å². The van der Waals surface area contributed by atoms with Crippen LogP contribution in [0.4, 0.5) is 10.5 Å². The Labute approximate surface area is 145 Å². The third-order valence-corrected chi connectivity index (χ3v) is 3.11. The van der Waals surface area contributed by atoms with Gasteiger partial charge in [0.1, 0.15) is 11.3 Å². The summed E-state index contributed by atoms with van der Waals surface area (Å²) in [5, 5.41) is 0. The normalized spacial score (nSPS) is 10.9. The highest BCUT2D eigenvalue weighted by atomic mass is 16.6. The Kier molecular flexibility index (Phi) is 5.31. The average Bonchev–Trinajstić information content (AvgIpc) is 2.59. The summed E-state index contributed by atoms with van der Waals surface area (Å²) in [7, 11) is 2.88. The van der Waals surface area contributed by atoms with Gasteiger partial charge in [-0.2, -0.15) is 0 Å². The van der Waals surface area contributed by atoms with Crippen molar-refractivity contribution in [1.82, 2.24) is 15.0 Å². The molecule has 8 nitrogen and oxygen atoms in total. The van der Waals surface area contributed by atoms with E-state index >= 15 is 0 Å². The number of aromatic nitrogens is 3. The maximum absolute atomic E-state index is 12.0. The molecule has 25 heavy (non-hydrogen) atoms. The summed E-state index contributed by atoms with van der Waals surface area (Å²) < 4.78 is 9.89. The smallest absolute Gasteiger partial charge is 0.414 e. The Morgan fingerprint density at radius 3 is 2.16 bits per heavy atom. The standard InChI is InChI=1S/C17H20N4O4/c1-17(2,3)25-16(23)21(4)12-9-19-14(20-10-12)11-6-7-13(18-8-11)15(22)24-5/h6-10H,1-5H3. The van der Waals surface area contributed by atoms with Crippen LogP contribution in [-0.2, 0) is 9.47 Å². The van der Waals surface area contributed by atoms with E-state index < -0.39 is 17.7 Å². The van der Waals surface area contributed by atoms with Crippen molar-refractivity contribution in [3.63, 3.8) is 0 Å². The molecule has 2 rings (SSSR count). The minimum Gasteiger partial charge on any atom is -0.464 e. The lowest BCUT2D eigenvalue weighted by atomic mass is 10.2. The van der Waals surface area contributed by atoms with E-state index in [9.17, 15) is 9.59 Å². The van der Waals surface area contributed by atoms with Crippen LogP contribution < -0.4 is 4.90 Å². The van der Waals surface area contributed by atoms with Crippen molar-refractivity contribution in [2.45, 2.75) is 26.4 Å². The van der Waals surface area contributed by atoms with Crippen LogP contribution in [0.25, 0.3) is 11.4 Å². The SMILES string of the molecule is COC(=O)c1ccc(-c2ncc(N(C)C(=O)OC(C)(C)C)cn2)cn1. The van der Waals surface area contributed by atoms with E-state index in [0.29, 0.717) is 17.1 Å². The van der Waals surface area contributed by atoms with Gasteiger partial charge in [-0.25, -0.2) is 24.5 Å². The molecule has 0 fully saturated rings. The number of carbonyl (C=O) groups excluding carboxylic acids is 2. The molecule has 0 saturated carbocycles. The van der Waals surface area contributed by atoms with E-state index in [-0.39, 0.29) is 5.69 Å². The minimum atomic E-state index is -0.584. The molecule has 0 radical (unpaired) electrons. The number of esters is 1. The molecule has 0 saturated heterocycles. The maximum atomic E-state index is 12.0. The molecule has 0 aromatic carbocycles. The molecular weight excluding hydrogens is 324 g/mol. The van der Waals surface area contributed by atoms with Gasteiger partial charge in [-0.1, -0.05) is 0 Å². The van der Waals surface area contributed by atoms with Crippen molar-refractivity contribution < 1.29 is 19.1 Å². The van der Waals surface area contributed by atoms with E-state index in [4.69, 9.17) is 4.74 Å². The Bertz CT molecular complexity index is 752. The van der Waals surface area contributed by atoms with E-state index in [1.165, 1.54) is 36.7 Å². The van der Waals surface area contributed by atoms with Crippen molar-refractivity contribution in [2.24, 2.45) is 0 Å². The number of amides is 1. The van der Waals surface area contributed by atoms with E-state index in [1.54, 1.807) is 33.9 Å². The Hall–Kier alpha value is -3.03. The van der Waals surface area contributed by atoms with Crippen molar-refractivity contribution in [3.05, 3.63) is 36.4 Å². The molecule has 0 aliphatic heterocycles. The average molecular weight is 344 g/mol. The van der Waals surface area contributed by atoms with Gasteiger partial charge in [-0.3, -0.25) is 4.90 Å². The van der Waals surface area contributed by atoms with Gasteiger partial charge in [-0.05, 0) is 32.9 Å². The predicted octanol–water partition coefficient (Wildman–Crippen LogP) is 2.70. The zero-order chi connectivity index (χ0) is 18.6. The molecule has 0 unspecified atom stereocenters. The highest BCUT2D eigenvalue weighted by molar-refractivity contribution is 5.88. The molecule has 2 aromatic rings. The van der Waals surface area contributed by atoms with Crippen LogP contribution in [0.2, 0.25) is 0 Å². The molecule has 0 atom stereocenters. The highest BCUT2D eigenvalue weighted by Gasteiger charge is 2.21. The van der Waals surface area contributed by atoms with Gasteiger partial charge >= 0.3 is 12.1 Å². The summed E-state index contributed by atoms with van der Waals surface area (Å²) in [6.45, 7) is 5.38. The molecule has 0 spiro atoms. The lowest BCUT2D eigenvalue weighted by Gasteiger charge is -2.24. The first kappa shape index (κ1) is 18.3. The van der Waals surface area contributed by atoms with E-state index in [1.807, 2.05) is 0 Å². The summed E-state index contributed by atoms with van der Waals surface area (Å²) >= 11 is 0. The van der Waals surface area contributed by atoms with Gasteiger partial charge in [0.05, 0.1) is 25.2 Å². The molecule has 8 heteroatoms. The number of hydrogen-bond donors (Lipinski definition) is 0. The number of nitrogens with zero attached hydrogens (tertiary/aromatic N) is 4. The number of pyridine rings is 1. The van der Waals surface area contributed by atoms with Crippen molar-refractivity contribution in [3.8, 4) is 11.4 Å². The van der Waals surface area contributed by atoms with Gasteiger partial charge in [-0.15, -0.1) is 0 Å². The number of ether oxygens (including phenoxy) is 2. The number of methoxy groups -OCH3 is 1. The Morgan fingerprint density at radius 2 is 1.68 bits per heavy atom. The lowest BCUT2D eigenvalue weighted by molar-refractivity contribution is 0.0581. The first-order chi connectivity index (χ1) is 11.7. The van der Waals surface area contributed by atoms with Crippen molar-refractivity contribution in [1.29, 1.82) is 0 Å². The fourth-order valence-corrected chi connectivity index (χ4v) is 1.83. The lowest BCUT2D eigenvalue weighted by Crippen LogP contribution is -2.34. The monoisotopic (exact) mass is 344 g/mol. The molecule has 0 aliphatic carbocycles. The number of anilines is 1. The van der Waals surface area contributed by atoms with Crippen LogP contribution in [0.3, 0.4) is 0 Å². The number of rotatable bonds is 3. The second-order valence-corrected chi connectivity index (χ2v) is 6.23. The topological polar surface area (TPSA) is 94.5 Å². The molecule has 2 aromatic heterocycles. The number of carbonyl (C=O) groups is 2. The van der Waals surface area contributed by atoms with Gasteiger partial charge in [0, 0.05) is 18.8 Å². The van der Waals surface area contributed by atoms with Gasteiger partial charge in [0.15, 0.2) is 5.82 Å². The second-order valence-electron chi connectivity index (χ2n) is 6.23. The van der Waals surface area contributed by atoms with Crippen LogP contribution in [0.15, 0.2) is 30.7 Å². The fourth-order valence-electron chi connectivity index (χ4n) is 1.83. The van der Waals surface area contributed by atoms with Crippen LogP contribution in [-0.4, -0.2) is 46.8 Å². The molecule has 1 amide bonds. The van der Waals surface area contributed by atoms with Crippen molar-refractivity contribution in [2.75, 3.05) is 19.1 Å². The Morgan fingerprint density at radius 1 is 1.04 bits per heavy atom. The zero-order valence-electron chi connectivity index (χ0n) is 14.8. The first-order valence-corrected chi connectivity index (χ1v) is 7.55. The summed E-state index contributed by atoms with van der Waals surface area (Å²) in [6.07, 6.45) is 4.02. The van der Waals surface area contributed by atoms with Crippen LogP contribution >= 0.6 is 0 Å². The van der Waals surface area contributed by atoms with E-state index in [2.05, 4.69) is 19.7 Å². The van der Waals surface area contributed by atoms with Crippen LogP contribution in [0, 0.1) is 0 Å². The third-order valence-electron chi connectivity index (χ3n) is 3.11. The molecular formula is C17H20N4O4. The fraction of sp³-hybridized carbons (Fsp3) is 0.353. The number of hydrogen-bond acceptors (Lipinski definition) is 7. The van der Waals surface area contributed by atoms with E-state index in [0.717, 1.165) is 0 Å². The van der Waals surface area contributed by atoms with Crippen molar-refractivity contribution >= 4 is 17.7 Å². The largest absolute Gasteiger partial charge is 0.464 e. The third kappa shape index (κ3) is 4.72. The second kappa shape index (κ2) is 7.25. The maximum Gasteiger partial charge on any atom is 0.414 e. The molecule has 0 N–H and O–H groups in total. The predicted molar refractivity (Wildman–Crippen MR) is 91.2 cm³/mol. The molecule has 0 bridgehead atoms. The molecule has 0 aliphatic rings. The van der Waals surface area contributed by atoms with Gasteiger partial charge in [0.25, 0.3) is 0 Å². The van der Waals surface area contributed by atoms with Crippen LogP contribution in [0.5, 0.6) is 0 Å². The summed E-state index contributed by atoms with van der Waals surface area (Å²) in [5.74, 6) is -0.0907. The first-order valence-electron chi connectivity index (χ1n) is 7.55. The minimum absolute atomic E-state index is 0.201.